The molecule has 2 rings (SSSR count). The van der Waals surface area contributed by atoms with Crippen LogP contribution in [0.25, 0.3) is 0 Å². The lowest BCUT2D eigenvalue weighted by Gasteiger charge is -2.13. The summed E-state index contributed by atoms with van der Waals surface area (Å²) < 4.78 is 7.10. The highest BCUT2D eigenvalue weighted by Crippen LogP contribution is 2.19. The van der Waals surface area contributed by atoms with Gasteiger partial charge in [-0.3, -0.25) is 10.1 Å². The molecule has 0 fully saturated rings. The molecule has 0 bridgehead atoms. The van der Waals surface area contributed by atoms with Crippen molar-refractivity contribution in [2.75, 3.05) is 6.61 Å². The predicted octanol–water partition coefficient (Wildman–Crippen LogP) is 1.75. The number of nitro groups is 1. The number of non-ortho nitro benzene ring substituents is 1. The average Bonchev–Trinajstić information content (AvgIpc) is 2.95. The number of benzene rings is 1. The number of aromatic nitrogens is 3. The van der Waals surface area contributed by atoms with E-state index in [9.17, 15) is 15.2 Å². The van der Waals surface area contributed by atoms with Crippen LogP contribution in [0.1, 0.15) is 25.5 Å². The van der Waals surface area contributed by atoms with Crippen molar-refractivity contribution >= 4 is 5.69 Å². The van der Waals surface area contributed by atoms with E-state index < -0.39 is 11.0 Å². The van der Waals surface area contributed by atoms with Crippen LogP contribution in [0.4, 0.5) is 5.69 Å². The lowest BCUT2D eigenvalue weighted by atomic mass is 10.3. The lowest BCUT2D eigenvalue weighted by Crippen LogP contribution is -2.25. The van der Waals surface area contributed by atoms with Crippen LogP contribution in [-0.4, -0.2) is 37.5 Å². The zero-order valence-electron chi connectivity index (χ0n) is 13.2. The Balaban J connectivity index is 1.95. The molecule has 8 nitrogen and oxygen atoms in total. The van der Waals surface area contributed by atoms with E-state index >= 15 is 0 Å². The number of aliphatic hydroxyl groups is 1. The first-order chi connectivity index (χ1) is 11.0. The van der Waals surface area contributed by atoms with Crippen molar-refractivity contribution in [1.29, 1.82) is 0 Å². The summed E-state index contributed by atoms with van der Waals surface area (Å²) in [6, 6.07) is 5.87. The van der Waals surface area contributed by atoms with Crippen LogP contribution in [0.2, 0.25) is 0 Å². The topological polar surface area (TPSA) is 103 Å². The van der Waals surface area contributed by atoms with Crippen molar-refractivity contribution in [2.24, 2.45) is 0 Å². The molecular weight excluding hydrogens is 300 g/mol. The van der Waals surface area contributed by atoms with Gasteiger partial charge in [0.05, 0.1) is 17.5 Å². The number of aryl methyl sites for hydroxylation is 2. The quantitative estimate of drug-likeness (QED) is 0.587. The van der Waals surface area contributed by atoms with E-state index in [-0.39, 0.29) is 18.8 Å². The smallest absolute Gasteiger partial charge is 0.273 e. The van der Waals surface area contributed by atoms with E-state index in [0.717, 1.165) is 24.5 Å². The molecule has 0 aliphatic rings. The molecule has 0 saturated carbocycles. The van der Waals surface area contributed by atoms with Crippen molar-refractivity contribution in [3.05, 3.63) is 46.0 Å². The molecule has 1 atom stereocenters. The summed E-state index contributed by atoms with van der Waals surface area (Å²) in [4.78, 5) is 14.6. The Morgan fingerprint density at radius 3 is 2.83 bits per heavy atom. The maximum atomic E-state index is 10.7. The third kappa shape index (κ3) is 4.49. The minimum Gasteiger partial charge on any atom is -0.491 e. The van der Waals surface area contributed by atoms with E-state index in [4.69, 9.17) is 4.74 Å². The van der Waals surface area contributed by atoms with Gasteiger partial charge in [0.1, 0.15) is 24.3 Å². The fourth-order valence-corrected chi connectivity index (χ4v) is 2.12. The zero-order chi connectivity index (χ0) is 16.8. The number of nitro benzene ring substituents is 1. The van der Waals surface area contributed by atoms with Gasteiger partial charge in [-0.1, -0.05) is 19.9 Å². The fourth-order valence-electron chi connectivity index (χ4n) is 2.12. The zero-order valence-corrected chi connectivity index (χ0v) is 13.2. The van der Waals surface area contributed by atoms with Crippen molar-refractivity contribution < 1.29 is 14.8 Å². The monoisotopic (exact) mass is 320 g/mol. The van der Waals surface area contributed by atoms with Crippen LogP contribution in [0.15, 0.2) is 24.3 Å². The van der Waals surface area contributed by atoms with Crippen LogP contribution >= 0.6 is 0 Å². The summed E-state index contributed by atoms with van der Waals surface area (Å²) in [6.07, 6.45) is 0.678. The van der Waals surface area contributed by atoms with E-state index in [2.05, 4.69) is 10.1 Å². The molecule has 0 amide bonds. The Bertz CT molecular complexity index is 671. The number of hydrogen-bond donors (Lipinski definition) is 1. The number of rotatable bonds is 8. The predicted molar refractivity (Wildman–Crippen MR) is 83.4 cm³/mol. The first-order valence-corrected chi connectivity index (χ1v) is 7.51. The standard InChI is InChI=1S/C15H20N4O4/c1-3-14-16-15(4-2)18(17-14)9-12(20)10-23-13-7-5-6-11(8-13)19(21)22/h5-8,12,20H,3-4,9-10H2,1-2H3. The molecule has 0 aliphatic heterocycles. The minimum absolute atomic E-state index is 0.0195. The molecule has 1 unspecified atom stereocenters. The van der Waals surface area contributed by atoms with Gasteiger partial charge in [-0.25, -0.2) is 9.67 Å². The highest BCUT2D eigenvalue weighted by atomic mass is 16.6. The summed E-state index contributed by atoms with van der Waals surface area (Å²) in [5, 5.41) is 25.1. The van der Waals surface area contributed by atoms with Crippen molar-refractivity contribution in [1.82, 2.24) is 14.8 Å². The molecule has 0 saturated heterocycles. The molecule has 124 valence electrons. The summed E-state index contributed by atoms with van der Waals surface area (Å²) in [5.41, 5.74) is -0.0471. The summed E-state index contributed by atoms with van der Waals surface area (Å²) >= 11 is 0. The number of hydrogen-bond acceptors (Lipinski definition) is 6. The van der Waals surface area contributed by atoms with Crippen LogP contribution in [0.3, 0.4) is 0 Å². The molecule has 1 heterocycles. The molecule has 0 aliphatic carbocycles. The first-order valence-electron chi connectivity index (χ1n) is 7.51. The molecule has 0 radical (unpaired) electrons. The van der Waals surface area contributed by atoms with Gasteiger partial charge in [-0.2, -0.15) is 5.10 Å². The second-order valence-electron chi connectivity index (χ2n) is 5.05. The van der Waals surface area contributed by atoms with Gasteiger partial charge in [0, 0.05) is 18.9 Å². The van der Waals surface area contributed by atoms with Gasteiger partial charge < -0.3 is 9.84 Å². The van der Waals surface area contributed by atoms with Crippen molar-refractivity contribution in [2.45, 2.75) is 39.3 Å². The van der Waals surface area contributed by atoms with Crippen LogP contribution in [-0.2, 0) is 19.4 Å². The molecule has 0 spiro atoms. The maximum Gasteiger partial charge on any atom is 0.273 e. The summed E-state index contributed by atoms with van der Waals surface area (Å²) in [6.45, 7) is 4.24. The SMILES string of the molecule is CCc1nc(CC)n(CC(O)COc2cccc([N+](=O)[O-])c2)n1. The van der Waals surface area contributed by atoms with E-state index in [1.54, 1.807) is 16.8 Å². The van der Waals surface area contributed by atoms with Crippen molar-refractivity contribution in [3.8, 4) is 5.75 Å². The first kappa shape index (κ1) is 16.9. The van der Waals surface area contributed by atoms with E-state index in [1.165, 1.54) is 12.1 Å². The molecule has 1 aromatic carbocycles. The van der Waals surface area contributed by atoms with Crippen LogP contribution < -0.4 is 4.74 Å². The number of ether oxygens (including phenoxy) is 1. The highest BCUT2D eigenvalue weighted by Gasteiger charge is 2.13. The average molecular weight is 320 g/mol. The van der Waals surface area contributed by atoms with Crippen LogP contribution in [0.5, 0.6) is 5.75 Å². The molecular formula is C15H20N4O4. The second kappa shape index (κ2) is 7.68. The normalized spacial score (nSPS) is 12.1. The maximum absolute atomic E-state index is 10.7. The lowest BCUT2D eigenvalue weighted by molar-refractivity contribution is -0.384. The van der Waals surface area contributed by atoms with Gasteiger partial charge in [0.25, 0.3) is 5.69 Å². The Labute approximate surface area is 133 Å². The summed E-state index contributed by atoms with van der Waals surface area (Å²) in [5.74, 6) is 1.91. The van der Waals surface area contributed by atoms with Gasteiger partial charge in [0.2, 0.25) is 0 Å². The number of aliphatic hydroxyl groups excluding tert-OH is 1. The third-order valence-electron chi connectivity index (χ3n) is 3.28. The molecule has 2 aromatic rings. The second-order valence-corrected chi connectivity index (χ2v) is 5.05. The van der Waals surface area contributed by atoms with Gasteiger partial charge in [-0.05, 0) is 6.07 Å². The molecule has 1 N–H and O–H groups in total. The largest absolute Gasteiger partial charge is 0.491 e. The Kier molecular flexibility index (Phi) is 5.64. The Morgan fingerprint density at radius 2 is 2.17 bits per heavy atom. The van der Waals surface area contributed by atoms with Gasteiger partial charge in [-0.15, -0.1) is 0 Å². The molecule has 8 heteroatoms. The highest BCUT2D eigenvalue weighted by molar-refractivity contribution is 5.37. The van der Waals surface area contributed by atoms with E-state index in [1.807, 2.05) is 13.8 Å². The van der Waals surface area contributed by atoms with Crippen molar-refractivity contribution in [3.63, 3.8) is 0 Å². The Morgan fingerprint density at radius 1 is 1.39 bits per heavy atom. The minimum atomic E-state index is -0.786. The van der Waals surface area contributed by atoms with Crippen LogP contribution in [0, 0.1) is 10.1 Å². The Hall–Kier alpha value is -2.48. The fraction of sp³-hybridized carbons (Fsp3) is 0.467. The number of nitrogens with zero attached hydrogens (tertiary/aromatic N) is 4. The van der Waals surface area contributed by atoms with Gasteiger partial charge in [0.15, 0.2) is 5.82 Å². The van der Waals surface area contributed by atoms with Gasteiger partial charge >= 0.3 is 0 Å². The third-order valence-corrected chi connectivity index (χ3v) is 3.28. The van der Waals surface area contributed by atoms with E-state index in [0.29, 0.717) is 5.75 Å². The summed E-state index contributed by atoms with van der Waals surface area (Å²) in [7, 11) is 0. The molecule has 1 aromatic heterocycles. The molecule has 23 heavy (non-hydrogen) atoms.